The number of amides is 1. The molecule has 0 aromatic heterocycles. The van der Waals surface area contributed by atoms with Gasteiger partial charge in [0.05, 0.1) is 13.2 Å². The van der Waals surface area contributed by atoms with Crippen LogP contribution in [-0.4, -0.2) is 30.1 Å². The van der Waals surface area contributed by atoms with Crippen molar-refractivity contribution in [1.82, 2.24) is 5.32 Å². The fourth-order valence-electron chi connectivity index (χ4n) is 1.47. The molecule has 4 N–H and O–H groups in total. The molecular formula is C13H18N2O4. The van der Waals surface area contributed by atoms with Crippen LogP contribution in [0.5, 0.6) is 5.75 Å². The summed E-state index contributed by atoms with van der Waals surface area (Å²) in [6.45, 7) is 0.351. The number of nitrogens with two attached hydrogens (primary N) is 1. The average Bonchev–Trinajstić information content (AvgIpc) is 2.42. The summed E-state index contributed by atoms with van der Waals surface area (Å²) in [6, 6.07) is 6.47. The maximum atomic E-state index is 11.6. The van der Waals surface area contributed by atoms with Gasteiger partial charge in [0.15, 0.2) is 0 Å². The highest BCUT2D eigenvalue weighted by Crippen LogP contribution is 2.10. The van der Waals surface area contributed by atoms with E-state index in [9.17, 15) is 9.59 Å². The lowest BCUT2D eigenvalue weighted by molar-refractivity contribution is -0.137. The van der Waals surface area contributed by atoms with Crippen LogP contribution < -0.4 is 15.8 Å². The van der Waals surface area contributed by atoms with Crippen LogP contribution in [-0.2, 0) is 16.1 Å². The summed E-state index contributed by atoms with van der Waals surface area (Å²) in [5, 5.41) is 11.2. The van der Waals surface area contributed by atoms with E-state index in [4.69, 9.17) is 15.6 Å². The standard InChI is InChI=1S/C13H18N2O4/c1-19-10-4-2-9(3-5-10)8-15-13(18)11(14)6-7-12(16)17/h2-5,11H,6-8,14H2,1H3,(H,15,18)(H,16,17). The number of carboxylic acids is 1. The lowest BCUT2D eigenvalue weighted by Gasteiger charge is -2.11. The average molecular weight is 266 g/mol. The van der Waals surface area contributed by atoms with E-state index in [0.717, 1.165) is 11.3 Å². The molecule has 0 saturated heterocycles. The van der Waals surface area contributed by atoms with Crippen LogP contribution in [0.15, 0.2) is 24.3 Å². The Bertz CT molecular complexity index is 431. The minimum atomic E-state index is -0.960. The van der Waals surface area contributed by atoms with Crippen LogP contribution in [0.4, 0.5) is 0 Å². The van der Waals surface area contributed by atoms with Gasteiger partial charge in [-0.2, -0.15) is 0 Å². The molecule has 0 aliphatic heterocycles. The molecule has 1 amide bonds. The van der Waals surface area contributed by atoms with E-state index in [-0.39, 0.29) is 18.7 Å². The Hall–Kier alpha value is -2.08. The first-order valence-corrected chi connectivity index (χ1v) is 5.91. The lowest BCUT2D eigenvalue weighted by Crippen LogP contribution is -2.40. The van der Waals surface area contributed by atoms with E-state index in [1.54, 1.807) is 19.2 Å². The topological polar surface area (TPSA) is 102 Å². The molecule has 0 spiro atoms. The molecule has 1 aromatic rings. The number of hydrogen-bond acceptors (Lipinski definition) is 4. The summed E-state index contributed by atoms with van der Waals surface area (Å²) in [5.41, 5.74) is 6.50. The quantitative estimate of drug-likeness (QED) is 0.667. The van der Waals surface area contributed by atoms with Crippen molar-refractivity contribution in [3.8, 4) is 5.75 Å². The van der Waals surface area contributed by atoms with Gasteiger partial charge in [-0.05, 0) is 24.1 Å². The van der Waals surface area contributed by atoms with Gasteiger partial charge in [0.25, 0.3) is 0 Å². The first kappa shape index (κ1) is 15.0. The van der Waals surface area contributed by atoms with Gasteiger partial charge in [0.1, 0.15) is 5.75 Å². The van der Waals surface area contributed by atoms with Crippen LogP contribution in [0, 0.1) is 0 Å². The molecular weight excluding hydrogens is 248 g/mol. The van der Waals surface area contributed by atoms with E-state index >= 15 is 0 Å². The molecule has 0 aliphatic carbocycles. The summed E-state index contributed by atoms with van der Waals surface area (Å²) < 4.78 is 5.02. The van der Waals surface area contributed by atoms with E-state index in [1.807, 2.05) is 12.1 Å². The third-order valence-corrected chi connectivity index (χ3v) is 2.63. The molecule has 6 heteroatoms. The van der Waals surface area contributed by atoms with E-state index in [0.29, 0.717) is 6.54 Å². The number of rotatable bonds is 7. The molecule has 1 unspecified atom stereocenters. The van der Waals surface area contributed by atoms with Crippen LogP contribution >= 0.6 is 0 Å². The molecule has 0 saturated carbocycles. The number of ether oxygens (including phenoxy) is 1. The monoisotopic (exact) mass is 266 g/mol. The summed E-state index contributed by atoms with van der Waals surface area (Å²) in [4.78, 5) is 22.0. The van der Waals surface area contributed by atoms with Crippen molar-refractivity contribution < 1.29 is 19.4 Å². The highest BCUT2D eigenvalue weighted by molar-refractivity contribution is 5.82. The van der Waals surface area contributed by atoms with Crippen molar-refractivity contribution in [2.75, 3.05) is 7.11 Å². The number of hydrogen-bond donors (Lipinski definition) is 3. The first-order chi connectivity index (χ1) is 9.02. The zero-order valence-corrected chi connectivity index (χ0v) is 10.8. The Balaban J connectivity index is 2.38. The third-order valence-electron chi connectivity index (χ3n) is 2.63. The summed E-state index contributed by atoms with van der Waals surface area (Å²) >= 11 is 0. The Kier molecular flexibility index (Phi) is 5.81. The molecule has 19 heavy (non-hydrogen) atoms. The predicted octanol–water partition coefficient (Wildman–Crippen LogP) is 0.503. The zero-order valence-electron chi connectivity index (χ0n) is 10.8. The second kappa shape index (κ2) is 7.38. The Morgan fingerprint density at radius 1 is 1.37 bits per heavy atom. The van der Waals surface area contributed by atoms with Crippen molar-refractivity contribution in [2.45, 2.75) is 25.4 Å². The first-order valence-electron chi connectivity index (χ1n) is 5.91. The van der Waals surface area contributed by atoms with Crippen LogP contribution in [0.1, 0.15) is 18.4 Å². The third kappa shape index (κ3) is 5.39. The van der Waals surface area contributed by atoms with Gasteiger partial charge >= 0.3 is 5.97 Å². The van der Waals surface area contributed by atoms with Gasteiger partial charge in [-0.1, -0.05) is 12.1 Å². The molecule has 104 valence electrons. The number of carboxylic acid groups (broad SMARTS) is 1. The smallest absolute Gasteiger partial charge is 0.303 e. The van der Waals surface area contributed by atoms with E-state index in [1.165, 1.54) is 0 Å². The molecule has 0 bridgehead atoms. The number of carbonyl (C=O) groups excluding carboxylic acids is 1. The van der Waals surface area contributed by atoms with Crippen LogP contribution in [0.2, 0.25) is 0 Å². The van der Waals surface area contributed by atoms with Crippen LogP contribution in [0.3, 0.4) is 0 Å². The summed E-state index contributed by atoms with van der Waals surface area (Å²) in [6.07, 6.45) is 0.0148. The number of aliphatic carboxylic acids is 1. The molecule has 6 nitrogen and oxygen atoms in total. The molecule has 1 rings (SSSR count). The summed E-state index contributed by atoms with van der Waals surface area (Å²) in [5.74, 6) is -0.566. The number of benzene rings is 1. The van der Waals surface area contributed by atoms with Gasteiger partial charge < -0.3 is 20.9 Å². The Morgan fingerprint density at radius 2 is 2.00 bits per heavy atom. The van der Waals surface area contributed by atoms with Crippen molar-refractivity contribution in [3.63, 3.8) is 0 Å². The van der Waals surface area contributed by atoms with Crippen LogP contribution in [0.25, 0.3) is 0 Å². The maximum absolute atomic E-state index is 11.6. The van der Waals surface area contributed by atoms with Crippen molar-refractivity contribution >= 4 is 11.9 Å². The molecule has 1 atom stereocenters. The van der Waals surface area contributed by atoms with Gasteiger partial charge in [0, 0.05) is 13.0 Å². The van der Waals surface area contributed by atoms with Crippen molar-refractivity contribution in [3.05, 3.63) is 29.8 Å². The SMILES string of the molecule is COc1ccc(CNC(=O)C(N)CCC(=O)O)cc1. The lowest BCUT2D eigenvalue weighted by atomic mass is 10.1. The van der Waals surface area contributed by atoms with Crippen molar-refractivity contribution in [2.24, 2.45) is 5.73 Å². The van der Waals surface area contributed by atoms with Gasteiger partial charge in [-0.3, -0.25) is 9.59 Å². The highest BCUT2D eigenvalue weighted by atomic mass is 16.5. The molecule has 0 radical (unpaired) electrons. The van der Waals surface area contributed by atoms with E-state index < -0.39 is 12.0 Å². The summed E-state index contributed by atoms with van der Waals surface area (Å²) in [7, 11) is 1.58. The van der Waals surface area contributed by atoms with Gasteiger partial charge in [-0.25, -0.2) is 0 Å². The van der Waals surface area contributed by atoms with E-state index in [2.05, 4.69) is 5.32 Å². The number of methoxy groups -OCH3 is 1. The molecule has 1 aromatic carbocycles. The molecule has 0 aliphatic rings. The number of nitrogens with one attached hydrogen (secondary N) is 1. The second-order valence-electron chi connectivity index (χ2n) is 4.10. The largest absolute Gasteiger partial charge is 0.497 e. The second-order valence-corrected chi connectivity index (χ2v) is 4.10. The minimum Gasteiger partial charge on any atom is -0.497 e. The Morgan fingerprint density at radius 3 is 2.53 bits per heavy atom. The fraction of sp³-hybridized carbons (Fsp3) is 0.385. The zero-order chi connectivity index (χ0) is 14.3. The molecule has 0 heterocycles. The predicted molar refractivity (Wildman–Crippen MR) is 69.7 cm³/mol. The van der Waals surface area contributed by atoms with Gasteiger partial charge in [0.2, 0.25) is 5.91 Å². The minimum absolute atomic E-state index is 0.114. The Labute approximate surface area is 111 Å². The highest BCUT2D eigenvalue weighted by Gasteiger charge is 2.14. The molecule has 0 fully saturated rings. The number of carbonyl (C=O) groups is 2. The van der Waals surface area contributed by atoms with Crippen molar-refractivity contribution in [1.29, 1.82) is 0 Å². The normalized spacial score (nSPS) is 11.7. The maximum Gasteiger partial charge on any atom is 0.303 e. The fourth-order valence-corrected chi connectivity index (χ4v) is 1.47. The van der Waals surface area contributed by atoms with Gasteiger partial charge in [-0.15, -0.1) is 0 Å².